The first-order chi connectivity index (χ1) is 5.15. The number of hydrogen-bond acceptors (Lipinski definition) is 3. The third-order valence-electron chi connectivity index (χ3n) is 1.58. The van der Waals surface area contributed by atoms with Gasteiger partial charge < -0.3 is 5.32 Å². The number of nitriles is 1. The summed E-state index contributed by atoms with van der Waals surface area (Å²) in [6, 6.07) is 2.01. The summed E-state index contributed by atoms with van der Waals surface area (Å²) < 4.78 is 0. The van der Waals surface area contributed by atoms with E-state index >= 15 is 0 Å². The second kappa shape index (κ2) is 2.97. The molecule has 0 aromatic rings. The molecule has 0 saturated heterocycles. The van der Waals surface area contributed by atoms with Crippen LogP contribution in [-0.2, 0) is 4.79 Å². The molecule has 0 aromatic carbocycles. The smallest absolute Gasteiger partial charge is 0.225 e. The van der Waals surface area contributed by atoms with Crippen LogP contribution in [-0.4, -0.2) is 11.3 Å². The highest BCUT2D eigenvalue weighted by atomic mass is 32.1. The fourth-order valence-corrected chi connectivity index (χ4v) is 1.42. The highest BCUT2D eigenvalue weighted by Crippen LogP contribution is 2.18. The molecule has 0 bridgehead atoms. The molecule has 0 spiro atoms. The zero-order valence-electron chi connectivity index (χ0n) is 6.09. The van der Waals surface area contributed by atoms with Gasteiger partial charge in [-0.05, 0) is 12.5 Å². The first-order valence-electron chi connectivity index (χ1n) is 3.22. The molecule has 1 heterocycles. The van der Waals surface area contributed by atoms with Crippen LogP contribution in [0.5, 0.6) is 0 Å². The highest BCUT2D eigenvalue weighted by molar-refractivity contribution is 7.81. The van der Waals surface area contributed by atoms with E-state index in [1.807, 2.05) is 6.07 Å². The number of carbonyl (C=O) groups excluding carboxylic acids is 1. The lowest BCUT2D eigenvalue weighted by Crippen LogP contribution is -2.36. The van der Waals surface area contributed by atoms with Gasteiger partial charge in [-0.25, -0.2) is 0 Å². The van der Waals surface area contributed by atoms with Crippen LogP contribution in [0, 0.1) is 11.3 Å². The van der Waals surface area contributed by atoms with Gasteiger partial charge in [-0.3, -0.25) is 4.79 Å². The van der Waals surface area contributed by atoms with E-state index in [0.29, 0.717) is 12.0 Å². The average Bonchev–Trinajstić information content (AvgIpc) is 1.85. The van der Waals surface area contributed by atoms with Crippen LogP contribution in [0.1, 0.15) is 13.3 Å². The molecule has 0 fully saturated rings. The number of rotatable bonds is 0. The highest BCUT2D eigenvalue weighted by Gasteiger charge is 2.21. The van der Waals surface area contributed by atoms with Gasteiger partial charge in [0, 0.05) is 6.42 Å². The van der Waals surface area contributed by atoms with Crippen molar-refractivity contribution < 1.29 is 4.79 Å². The third kappa shape index (κ3) is 1.55. The SMILES string of the molecule is CC1=C(C#N)[C@@H](S)NC(=O)C1. The maximum Gasteiger partial charge on any atom is 0.225 e. The van der Waals surface area contributed by atoms with E-state index in [1.165, 1.54) is 0 Å². The summed E-state index contributed by atoms with van der Waals surface area (Å²) >= 11 is 4.04. The normalized spacial score (nSPS) is 24.5. The van der Waals surface area contributed by atoms with E-state index in [0.717, 1.165) is 5.57 Å². The van der Waals surface area contributed by atoms with E-state index in [1.54, 1.807) is 6.92 Å². The molecule has 1 aliphatic heterocycles. The Morgan fingerprint density at radius 3 is 2.91 bits per heavy atom. The van der Waals surface area contributed by atoms with Crippen LogP contribution < -0.4 is 5.32 Å². The summed E-state index contributed by atoms with van der Waals surface area (Å²) in [7, 11) is 0. The molecule has 0 aromatic heterocycles. The van der Waals surface area contributed by atoms with Crippen LogP contribution >= 0.6 is 12.6 Å². The number of carbonyl (C=O) groups is 1. The Bertz CT molecular complexity index is 264. The lowest BCUT2D eigenvalue weighted by atomic mass is 10.0. The summed E-state index contributed by atoms with van der Waals surface area (Å²) in [5, 5.41) is 10.8. The quantitative estimate of drug-likeness (QED) is 0.520. The van der Waals surface area contributed by atoms with Gasteiger partial charge in [0.2, 0.25) is 5.91 Å². The molecule has 0 unspecified atom stereocenters. The zero-order chi connectivity index (χ0) is 8.43. The molecule has 1 rings (SSSR count). The summed E-state index contributed by atoms with van der Waals surface area (Å²) in [6.07, 6.45) is 0.319. The van der Waals surface area contributed by atoms with Crippen molar-refractivity contribution >= 4 is 18.5 Å². The summed E-state index contributed by atoms with van der Waals surface area (Å²) in [5.74, 6) is -0.0681. The largest absolute Gasteiger partial charge is 0.339 e. The van der Waals surface area contributed by atoms with Crippen molar-refractivity contribution in [3.8, 4) is 6.07 Å². The summed E-state index contributed by atoms with van der Waals surface area (Å²) in [4.78, 5) is 10.8. The fraction of sp³-hybridized carbons (Fsp3) is 0.429. The molecule has 4 heteroatoms. The number of amides is 1. The van der Waals surface area contributed by atoms with Crippen molar-refractivity contribution in [3.63, 3.8) is 0 Å². The predicted molar refractivity (Wildman–Crippen MR) is 43.8 cm³/mol. The maximum absolute atomic E-state index is 10.8. The Hall–Kier alpha value is -0.950. The first kappa shape index (κ1) is 8.15. The Balaban J connectivity index is 2.97. The molecule has 1 atom stereocenters. The second-order valence-corrected chi connectivity index (χ2v) is 2.97. The molecule has 1 aliphatic rings. The van der Waals surface area contributed by atoms with Crippen molar-refractivity contribution in [1.29, 1.82) is 5.26 Å². The van der Waals surface area contributed by atoms with E-state index < -0.39 is 5.37 Å². The fourth-order valence-electron chi connectivity index (χ4n) is 1.00. The molecular formula is C7H8N2OS. The Kier molecular flexibility index (Phi) is 2.20. The molecule has 0 saturated carbocycles. The van der Waals surface area contributed by atoms with Gasteiger partial charge in [0.15, 0.2) is 0 Å². The van der Waals surface area contributed by atoms with E-state index in [-0.39, 0.29) is 5.91 Å². The van der Waals surface area contributed by atoms with Crippen LogP contribution in [0.4, 0.5) is 0 Å². The molecule has 0 radical (unpaired) electrons. The first-order valence-corrected chi connectivity index (χ1v) is 3.74. The van der Waals surface area contributed by atoms with Gasteiger partial charge in [-0.2, -0.15) is 5.26 Å². The lowest BCUT2D eigenvalue weighted by molar-refractivity contribution is -0.120. The van der Waals surface area contributed by atoms with E-state index in [2.05, 4.69) is 17.9 Å². The van der Waals surface area contributed by atoms with E-state index in [4.69, 9.17) is 5.26 Å². The third-order valence-corrected chi connectivity index (χ3v) is 1.96. The monoisotopic (exact) mass is 168 g/mol. The van der Waals surface area contributed by atoms with Crippen LogP contribution in [0.2, 0.25) is 0 Å². The van der Waals surface area contributed by atoms with E-state index in [9.17, 15) is 4.79 Å². The Morgan fingerprint density at radius 2 is 2.45 bits per heavy atom. The van der Waals surface area contributed by atoms with Gasteiger partial charge in [-0.1, -0.05) is 0 Å². The number of thiol groups is 1. The summed E-state index contributed by atoms with van der Waals surface area (Å²) in [6.45, 7) is 1.78. The van der Waals surface area contributed by atoms with Gasteiger partial charge in [0.25, 0.3) is 0 Å². The molecular weight excluding hydrogens is 160 g/mol. The number of hydrogen-bond donors (Lipinski definition) is 2. The van der Waals surface area contributed by atoms with Crippen LogP contribution in [0.15, 0.2) is 11.1 Å². The second-order valence-electron chi connectivity index (χ2n) is 2.45. The standard InChI is InChI=1S/C7H8N2OS/c1-4-2-6(10)9-7(11)5(4)3-8/h7,11H,2H2,1H3,(H,9,10)/t7-/m1/s1. The average molecular weight is 168 g/mol. The topological polar surface area (TPSA) is 52.9 Å². The lowest BCUT2D eigenvalue weighted by Gasteiger charge is -2.19. The minimum atomic E-state index is -0.416. The van der Waals surface area contributed by atoms with Crippen LogP contribution in [0.3, 0.4) is 0 Å². The number of nitrogens with one attached hydrogen (secondary N) is 1. The molecule has 58 valence electrons. The van der Waals surface area contributed by atoms with Gasteiger partial charge in [0.05, 0.1) is 11.6 Å². The summed E-state index contributed by atoms with van der Waals surface area (Å²) in [5.41, 5.74) is 1.38. The van der Waals surface area contributed by atoms with Crippen molar-refractivity contribution in [2.45, 2.75) is 18.7 Å². The molecule has 0 aliphatic carbocycles. The maximum atomic E-state index is 10.8. The van der Waals surface area contributed by atoms with Crippen molar-refractivity contribution in [2.24, 2.45) is 0 Å². The predicted octanol–water partition coefficient (Wildman–Crippen LogP) is 0.602. The molecule has 1 N–H and O–H groups in total. The minimum absolute atomic E-state index is 0.0681. The molecule has 3 nitrogen and oxygen atoms in total. The number of nitrogens with zero attached hydrogens (tertiary/aromatic N) is 1. The minimum Gasteiger partial charge on any atom is -0.339 e. The van der Waals surface area contributed by atoms with Gasteiger partial charge in [0.1, 0.15) is 5.37 Å². The zero-order valence-corrected chi connectivity index (χ0v) is 6.98. The Morgan fingerprint density at radius 1 is 1.82 bits per heavy atom. The van der Waals surface area contributed by atoms with Crippen molar-refractivity contribution in [2.75, 3.05) is 0 Å². The van der Waals surface area contributed by atoms with Crippen molar-refractivity contribution in [3.05, 3.63) is 11.1 Å². The van der Waals surface area contributed by atoms with Gasteiger partial charge in [-0.15, -0.1) is 12.6 Å². The molecule has 1 amide bonds. The van der Waals surface area contributed by atoms with Gasteiger partial charge >= 0.3 is 0 Å². The van der Waals surface area contributed by atoms with Crippen molar-refractivity contribution in [1.82, 2.24) is 5.32 Å². The molecule has 11 heavy (non-hydrogen) atoms. The van der Waals surface area contributed by atoms with Crippen LogP contribution in [0.25, 0.3) is 0 Å². The Labute approximate surface area is 70.5 Å².